The summed E-state index contributed by atoms with van der Waals surface area (Å²) in [6.07, 6.45) is 2.82. The Bertz CT molecular complexity index is 2070. The lowest BCUT2D eigenvalue weighted by atomic mass is 9.95. The lowest BCUT2D eigenvalue weighted by molar-refractivity contribution is 0.0964. The van der Waals surface area contributed by atoms with Crippen LogP contribution in [-0.4, -0.2) is 39.7 Å². The van der Waals surface area contributed by atoms with Crippen molar-refractivity contribution in [3.05, 3.63) is 95.7 Å². The number of nitrogens with one attached hydrogen (secondary N) is 1. The summed E-state index contributed by atoms with van der Waals surface area (Å²) in [4.78, 5) is 17.9. The van der Waals surface area contributed by atoms with Gasteiger partial charge in [-0.25, -0.2) is 8.42 Å². The van der Waals surface area contributed by atoms with Crippen LogP contribution in [0, 0.1) is 13.8 Å². The van der Waals surface area contributed by atoms with E-state index >= 15 is 0 Å². The number of rotatable bonds is 6. The summed E-state index contributed by atoms with van der Waals surface area (Å²) in [7, 11) is -0.581. The number of furan rings is 2. The van der Waals surface area contributed by atoms with Gasteiger partial charge in [-0.1, -0.05) is 48.0 Å². The van der Waals surface area contributed by atoms with Gasteiger partial charge in [0.05, 0.1) is 17.5 Å². The molecule has 3 heterocycles. The zero-order chi connectivity index (χ0) is 29.8. The average molecular weight is 580 g/mol. The van der Waals surface area contributed by atoms with E-state index in [1.54, 1.807) is 19.3 Å². The summed E-state index contributed by atoms with van der Waals surface area (Å²) in [6.45, 7) is 3.91. The molecule has 0 unspecified atom stereocenters. The number of pyridine rings is 1. The van der Waals surface area contributed by atoms with Crippen molar-refractivity contribution in [2.24, 2.45) is 0 Å². The van der Waals surface area contributed by atoms with Crippen LogP contribution in [0.2, 0.25) is 0 Å². The molecule has 0 aliphatic heterocycles. The van der Waals surface area contributed by atoms with Crippen molar-refractivity contribution in [1.29, 1.82) is 0 Å². The molecule has 0 saturated heterocycles. The van der Waals surface area contributed by atoms with Crippen molar-refractivity contribution < 1.29 is 22.0 Å². The van der Waals surface area contributed by atoms with E-state index in [4.69, 9.17) is 8.83 Å². The fourth-order valence-electron chi connectivity index (χ4n) is 5.22. The monoisotopic (exact) mass is 579 g/mol. The maximum absolute atomic E-state index is 13.3. The van der Waals surface area contributed by atoms with E-state index < -0.39 is 10.0 Å². The van der Waals surface area contributed by atoms with E-state index in [2.05, 4.69) is 10.3 Å². The number of fused-ring (bicyclic) bond motifs is 2. The molecule has 1 amide bonds. The highest BCUT2D eigenvalue weighted by Gasteiger charge is 2.27. The lowest BCUT2D eigenvalue weighted by Crippen LogP contribution is -2.25. The molecule has 0 spiro atoms. The highest BCUT2D eigenvalue weighted by Crippen LogP contribution is 2.43. The fraction of sp³-hybridized carbons (Fsp3) is 0.152. The Morgan fingerprint density at radius 2 is 1.64 bits per heavy atom. The summed E-state index contributed by atoms with van der Waals surface area (Å²) in [6, 6.07) is 22.7. The quantitative estimate of drug-likeness (QED) is 0.229. The summed E-state index contributed by atoms with van der Waals surface area (Å²) < 4.78 is 39.2. The number of amides is 1. The van der Waals surface area contributed by atoms with Gasteiger partial charge in [0.2, 0.25) is 10.0 Å². The minimum atomic E-state index is -3.65. The predicted octanol–water partition coefficient (Wildman–Crippen LogP) is 6.95. The number of hydrogen-bond donors (Lipinski definition) is 1. The molecule has 1 N–H and O–H groups in total. The first-order chi connectivity index (χ1) is 20.1. The van der Waals surface area contributed by atoms with E-state index in [1.807, 2.05) is 80.6 Å². The first kappa shape index (κ1) is 27.3. The second-order valence-electron chi connectivity index (χ2n) is 10.3. The standard InChI is InChI=1S/C33H29N3O5S/c1-19-10-12-21(13-11-19)32-30(33(37)34-3)25-17-24(26(18-28(25)41-32)36(4)42(5,38)39)23-14-15-35-31(20(23)2)29-16-22-8-6-7-9-27(22)40-29/h6-18H,1-5H3,(H,34,37). The van der Waals surface area contributed by atoms with Crippen molar-refractivity contribution in [2.45, 2.75) is 13.8 Å². The number of para-hydroxylation sites is 1. The SMILES string of the molecule is CNC(=O)c1c(-c2ccc(C)cc2)oc2cc(N(C)S(C)(=O)=O)c(-c3ccnc(-c4cc5ccccc5o4)c3C)cc12. The van der Waals surface area contributed by atoms with Crippen molar-refractivity contribution in [1.82, 2.24) is 10.3 Å². The largest absolute Gasteiger partial charge is 0.455 e. The van der Waals surface area contributed by atoms with Gasteiger partial charge in [-0.05, 0) is 49.2 Å². The number of aromatic nitrogens is 1. The van der Waals surface area contributed by atoms with Crippen LogP contribution in [0.3, 0.4) is 0 Å². The minimum absolute atomic E-state index is 0.311. The smallest absolute Gasteiger partial charge is 0.255 e. The van der Waals surface area contributed by atoms with E-state index in [1.165, 1.54) is 11.4 Å². The summed E-state index contributed by atoms with van der Waals surface area (Å²) in [5.41, 5.74) is 6.50. The Morgan fingerprint density at radius 1 is 0.905 bits per heavy atom. The van der Waals surface area contributed by atoms with Gasteiger partial charge in [0.1, 0.15) is 22.6 Å². The second-order valence-corrected chi connectivity index (χ2v) is 12.3. The van der Waals surface area contributed by atoms with Crippen molar-refractivity contribution >= 4 is 43.6 Å². The summed E-state index contributed by atoms with van der Waals surface area (Å²) in [5.74, 6) is 0.698. The van der Waals surface area contributed by atoms with Crippen LogP contribution >= 0.6 is 0 Å². The van der Waals surface area contributed by atoms with Crippen LogP contribution in [0.5, 0.6) is 0 Å². The maximum Gasteiger partial charge on any atom is 0.255 e. The third kappa shape index (κ3) is 4.61. The molecular formula is C33H29N3O5S. The van der Waals surface area contributed by atoms with Gasteiger partial charge in [-0.15, -0.1) is 0 Å². The molecule has 0 bridgehead atoms. The van der Waals surface area contributed by atoms with Gasteiger partial charge in [0.15, 0.2) is 5.76 Å². The fourth-order valence-corrected chi connectivity index (χ4v) is 5.73. The number of aryl methyl sites for hydroxylation is 1. The molecular weight excluding hydrogens is 550 g/mol. The Balaban J connectivity index is 1.64. The Kier molecular flexibility index (Phi) is 6.62. The van der Waals surface area contributed by atoms with E-state index in [9.17, 15) is 13.2 Å². The zero-order valence-corrected chi connectivity index (χ0v) is 24.7. The molecule has 3 aromatic carbocycles. The average Bonchev–Trinajstić information content (AvgIpc) is 3.57. The third-order valence-corrected chi connectivity index (χ3v) is 8.76. The molecule has 0 fully saturated rings. The molecule has 42 heavy (non-hydrogen) atoms. The number of anilines is 1. The van der Waals surface area contributed by atoms with Crippen molar-refractivity contribution in [2.75, 3.05) is 24.7 Å². The van der Waals surface area contributed by atoms with E-state index in [0.717, 1.165) is 39.5 Å². The third-order valence-electron chi connectivity index (χ3n) is 7.56. The van der Waals surface area contributed by atoms with Gasteiger partial charge in [0, 0.05) is 48.3 Å². The molecule has 8 nitrogen and oxygen atoms in total. The number of benzene rings is 3. The number of sulfonamides is 1. The van der Waals surface area contributed by atoms with Gasteiger partial charge < -0.3 is 14.2 Å². The molecule has 0 aliphatic rings. The van der Waals surface area contributed by atoms with Crippen LogP contribution in [-0.2, 0) is 10.0 Å². The number of carbonyl (C=O) groups is 1. The van der Waals surface area contributed by atoms with Crippen LogP contribution in [0.15, 0.2) is 87.8 Å². The zero-order valence-electron chi connectivity index (χ0n) is 23.8. The molecule has 212 valence electrons. The molecule has 6 rings (SSSR count). The van der Waals surface area contributed by atoms with Crippen molar-refractivity contribution in [3.8, 4) is 33.9 Å². The lowest BCUT2D eigenvalue weighted by Gasteiger charge is -2.22. The maximum atomic E-state index is 13.3. The topological polar surface area (TPSA) is 106 Å². The summed E-state index contributed by atoms with van der Waals surface area (Å²) in [5, 5.41) is 4.25. The van der Waals surface area contributed by atoms with Crippen LogP contribution < -0.4 is 9.62 Å². The molecule has 0 atom stereocenters. The second kappa shape index (κ2) is 10.2. The van der Waals surface area contributed by atoms with Crippen LogP contribution in [0.4, 0.5) is 5.69 Å². The number of carbonyl (C=O) groups excluding carboxylic acids is 1. The van der Waals surface area contributed by atoms with Crippen molar-refractivity contribution in [3.63, 3.8) is 0 Å². The highest BCUT2D eigenvalue weighted by atomic mass is 32.2. The number of nitrogens with zero attached hydrogens (tertiary/aromatic N) is 2. The molecule has 0 radical (unpaired) electrons. The first-order valence-electron chi connectivity index (χ1n) is 13.4. The molecule has 9 heteroatoms. The van der Waals surface area contributed by atoms with Crippen LogP contribution in [0.25, 0.3) is 55.8 Å². The molecule has 6 aromatic rings. The van der Waals surface area contributed by atoms with Gasteiger partial charge in [-0.3, -0.25) is 14.1 Å². The normalized spacial score (nSPS) is 11.7. The number of hydrogen-bond acceptors (Lipinski definition) is 6. The predicted molar refractivity (Wildman–Crippen MR) is 166 cm³/mol. The molecule has 0 aliphatic carbocycles. The minimum Gasteiger partial charge on any atom is -0.455 e. The highest BCUT2D eigenvalue weighted by molar-refractivity contribution is 7.92. The molecule has 3 aromatic heterocycles. The van der Waals surface area contributed by atoms with Gasteiger partial charge in [-0.2, -0.15) is 0 Å². The van der Waals surface area contributed by atoms with E-state index in [-0.39, 0.29) is 5.91 Å². The Labute approximate surface area is 243 Å². The Hall–Kier alpha value is -4.89. The van der Waals surface area contributed by atoms with Crippen LogP contribution in [0.1, 0.15) is 21.5 Å². The van der Waals surface area contributed by atoms with Gasteiger partial charge in [0.25, 0.3) is 5.91 Å². The summed E-state index contributed by atoms with van der Waals surface area (Å²) >= 11 is 0. The van der Waals surface area contributed by atoms with E-state index in [0.29, 0.717) is 45.0 Å². The molecule has 0 saturated carbocycles. The first-order valence-corrected chi connectivity index (χ1v) is 15.2. The Morgan fingerprint density at radius 3 is 2.33 bits per heavy atom. The van der Waals surface area contributed by atoms with Gasteiger partial charge >= 0.3 is 0 Å².